The first-order valence-electron chi connectivity index (χ1n) is 26.2. The molecule has 2 saturated heterocycles. The van der Waals surface area contributed by atoms with Gasteiger partial charge >= 0.3 is 12.2 Å². The monoisotopic (exact) mass is 1110 g/mol. The molecule has 0 bridgehead atoms. The Balaban J connectivity index is 0.000000349. The van der Waals surface area contributed by atoms with E-state index < -0.39 is 42.2 Å². The van der Waals surface area contributed by atoms with E-state index in [0.29, 0.717) is 24.7 Å². The largest absolute Gasteiger partial charge is 0.444 e. The van der Waals surface area contributed by atoms with Crippen molar-refractivity contribution in [1.29, 1.82) is 0 Å². The predicted molar refractivity (Wildman–Crippen MR) is 301 cm³/mol. The lowest BCUT2D eigenvalue weighted by molar-refractivity contribution is 0.0118. The van der Waals surface area contributed by atoms with Crippen LogP contribution in [-0.2, 0) is 40.4 Å². The Kier molecular flexibility index (Phi) is 20.6. The molecule has 6 rings (SSSR count). The van der Waals surface area contributed by atoms with E-state index in [-0.39, 0.29) is 58.5 Å². The van der Waals surface area contributed by atoms with Crippen molar-refractivity contribution in [2.45, 2.75) is 205 Å². The molecule has 0 aromatic carbocycles. The maximum atomic E-state index is 12.9. The molecule has 2 fully saturated rings. The number of nitrogens with one attached hydrogen (secondary N) is 1. The first-order chi connectivity index (χ1) is 35.0. The number of carbonyl (C=O) groups excluding carboxylic acids is 2. The molecule has 2 unspecified atom stereocenters. The van der Waals surface area contributed by atoms with Gasteiger partial charge in [0.1, 0.15) is 17.0 Å². The zero-order valence-corrected chi connectivity index (χ0v) is 49.9. The molecule has 0 saturated carbocycles. The number of anilines is 1. The SMILES string of the molecule is CC(C)(C)OC(=O)N1C[C@@H](CCC(N)c2cc(C(C)(C)C)ccn2)CC1(C)C.CC(C)(C)OC(=O)N1C[C@@H](CCC(Nc2cccc(S(N)(=O)=O)n2)c2cc(C(C)(C)C)ccn2)CC1(C)C.NS(=O)(=O)c1cccc(F)n1.[HH]. The van der Waals surface area contributed by atoms with E-state index in [4.69, 9.17) is 20.3 Å². The van der Waals surface area contributed by atoms with Crippen molar-refractivity contribution in [1.82, 2.24) is 29.7 Å². The lowest BCUT2D eigenvalue weighted by Crippen LogP contribution is -2.45. The molecule has 21 heteroatoms. The van der Waals surface area contributed by atoms with Crippen LogP contribution in [0.2, 0.25) is 0 Å². The third-order valence-corrected chi connectivity index (χ3v) is 14.9. The summed E-state index contributed by atoms with van der Waals surface area (Å²) >= 11 is 0. The maximum absolute atomic E-state index is 12.9. The molecule has 4 aromatic heterocycles. The van der Waals surface area contributed by atoms with Gasteiger partial charge in [-0.25, -0.2) is 46.7 Å². The molecule has 18 nitrogen and oxygen atoms in total. The summed E-state index contributed by atoms with van der Waals surface area (Å²) in [6.07, 6.45) is 8.37. The normalized spacial score (nSPS) is 18.5. The Morgan fingerprint density at radius 3 is 1.51 bits per heavy atom. The summed E-state index contributed by atoms with van der Waals surface area (Å²) in [5, 5.41) is 12.7. The number of carbonyl (C=O) groups is 2. The van der Waals surface area contributed by atoms with Gasteiger partial charge in [0.15, 0.2) is 10.1 Å². The number of likely N-dealkylation sites (tertiary alicyclic amines) is 2. The number of rotatable bonds is 12. The molecule has 6 heterocycles. The fourth-order valence-electron chi connectivity index (χ4n) is 9.30. The van der Waals surface area contributed by atoms with Crippen LogP contribution in [0.15, 0.2) is 83.1 Å². The lowest BCUT2D eigenvalue weighted by atomic mass is 9.86. The molecule has 4 atom stereocenters. The van der Waals surface area contributed by atoms with Gasteiger partial charge in [0.05, 0.1) is 17.4 Å². The van der Waals surface area contributed by atoms with Gasteiger partial charge in [0.2, 0.25) is 5.95 Å². The Hall–Kier alpha value is -5.35. The van der Waals surface area contributed by atoms with E-state index in [1.165, 1.54) is 17.7 Å². The number of nitrogens with zero attached hydrogens (tertiary/aromatic N) is 6. The van der Waals surface area contributed by atoms with E-state index in [2.05, 4.69) is 118 Å². The van der Waals surface area contributed by atoms with Gasteiger partial charge in [-0.05, 0) is 190 Å². The Morgan fingerprint density at radius 1 is 0.675 bits per heavy atom. The minimum atomic E-state index is -3.93. The van der Waals surface area contributed by atoms with Crippen molar-refractivity contribution in [2.24, 2.45) is 27.8 Å². The van der Waals surface area contributed by atoms with Crippen molar-refractivity contribution >= 4 is 38.1 Å². The molecule has 2 aliphatic heterocycles. The quantitative estimate of drug-likeness (QED) is 0.0961. The maximum Gasteiger partial charge on any atom is 0.410 e. The van der Waals surface area contributed by atoms with Gasteiger partial charge < -0.3 is 30.3 Å². The highest BCUT2D eigenvalue weighted by atomic mass is 32.2. The number of nitrogens with two attached hydrogens (primary N) is 3. The van der Waals surface area contributed by atoms with Gasteiger partial charge in [0, 0.05) is 44.0 Å². The van der Waals surface area contributed by atoms with Gasteiger partial charge in [-0.2, -0.15) is 4.39 Å². The third kappa shape index (κ3) is 20.1. The average molecular weight is 1110 g/mol. The molecule has 0 spiro atoms. The Morgan fingerprint density at radius 2 is 1.09 bits per heavy atom. The van der Waals surface area contributed by atoms with Crippen molar-refractivity contribution in [3.05, 3.63) is 102 Å². The number of aromatic nitrogens is 4. The van der Waals surface area contributed by atoms with Crippen LogP contribution in [-0.4, -0.2) is 94.1 Å². The van der Waals surface area contributed by atoms with Crippen molar-refractivity contribution in [3.8, 4) is 0 Å². The topological polar surface area (TPSA) is 269 Å². The minimum absolute atomic E-state index is 0. The van der Waals surface area contributed by atoms with Gasteiger partial charge in [-0.1, -0.05) is 53.7 Å². The molecule has 4 aromatic rings. The second kappa shape index (κ2) is 24.8. The third-order valence-electron chi connectivity index (χ3n) is 13.2. The molecular weight excluding hydrogens is 1020 g/mol. The van der Waals surface area contributed by atoms with Gasteiger partial charge in [-0.15, -0.1) is 0 Å². The number of amides is 2. The van der Waals surface area contributed by atoms with Crippen LogP contribution in [0.1, 0.15) is 185 Å². The van der Waals surface area contributed by atoms with Crippen molar-refractivity contribution in [2.75, 3.05) is 18.4 Å². The van der Waals surface area contributed by atoms with Crippen LogP contribution < -0.4 is 21.3 Å². The Bertz CT molecular complexity index is 2880. The van der Waals surface area contributed by atoms with Crippen molar-refractivity contribution in [3.63, 3.8) is 0 Å². The number of pyridine rings is 4. The second-order valence-electron chi connectivity index (χ2n) is 25.6. The number of primary sulfonamides is 2. The predicted octanol–water partition coefficient (Wildman–Crippen LogP) is 10.7. The van der Waals surface area contributed by atoms with Gasteiger partial charge in [0.25, 0.3) is 20.0 Å². The van der Waals surface area contributed by atoms with E-state index in [1.807, 2.05) is 69.8 Å². The highest BCUT2D eigenvalue weighted by Gasteiger charge is 2.44. The first kappa shape index (κ1) is 64.2. The number of hydrogen-bond donors (Lipinski definition) is 4. The smallest absolute Gasteiger partial charge is 0.410 e. The molecule has 0 aliphatic carbocycles. The molecule has 7 N–H and O–H groups in total. The highest BCUT2D eigenvalue weighted by Crippen LogP contribution is 2.39. The van der Waals surface area contributed by atoms with Crippen LogP contribution in [0.5, 0.6) is 0 Å². The van der Waals surface area contributed by atoms with Crippen molar-refractivity contribution < 1.29 is 41.7 Å². The zero-order valence-electron chi connectivity index (χ0n) is 48.3. The molecule has 2 aliphatic rings. The van der Waals surface area contributed by atoms with E-state index in [0.717, 1.165) is 67.7 Å². The van der Waals surface area contributed by atoms with Gasteiger partial charge in [-0.3, -0.25) is 9.97 Å². The number of halogens is 1. The van der Waals surface area contributed by atoms with Crippen LogP contribution >= 0.6 is 0 Å². The fourth-order valence-corrected chi connectivity index (χ4v) is 10.3. The second-order valence-corrected chi connectivity index (χ2v) is 28.6. The van der Waals surface area contributed by atoms with E-state index >= 15 is 0 Å². The molecule has 77 heavy (non-hydrogen) atoms. The zero-order chi connectivity index (χ0) is 58.3. The number of ether oxygens (including phenoxy) is 2. The summed E-state index contributed by atoms with van der Waals surface area (Å²) in [6.45, 7) is 34.1. The summed E-state index contributed by atoms with van der Waals surface area (Å²) in [6, 6.07) is 16.1. The number of sulfonamides is 2. The van der Waals surface area contributed by atoms with Crippen LogP contribution in [0.25, 0.3) is 0 Å². The van der Waals surface area contributed by atoms with Crippen LogP contribution in [0, 0.1) is 17.8 Å². The fraction of sp³-hybridized carbons (Fsp3) is 0.607. The summed E-state index contributed by atoms with van der Waals surface area (Å²) in [5.74, 6) is 0.249. The molecule has 430 valence electrons. The Labute approximate surface area is 459 Å². The van der Waals surface area contributed by atoms with Crippen LogP contribution in [0.3, 0.4) is 0 Å². The summed E-state index contributed by atoms with van der Waals surface area (Å²) in [4.78, 5) is 45.6. The summed E-state index contributed by atoms with van der Waals surface area (Å²) in [7, 11) is -7.81. The minimum Gasteiger partial charge on any atom is -0.444 e. The van der Waals surface area contributed by atoms with E-state index in [1.54, 1.807) is 12.1 Å². The van der Waals surface area contributed by atoms with Crippen LogP contribution in [0.4, 0.5) is 19.8 Å². The summed E-state index contributed by atoms with van der Waals surface area (Å²) < 4.78 is 68.3. The first-order valence-corrected chi connectivity index (χ1v) is 29.2. The molecular formula is C56H89FN10O8S2. The van der Waals surface area contributed by atoms with E-state index in [9.17, 15) is 30.8 Å². The highest BCUT2D eigenvalue weighted by molar-refractivity contribution is 7.89. The lowest BCUT2D eigenvalue weighted by Gasteiger charge is -2.33. The number of hydrogen-bond acceptors (Lipinski definition) is 14. The molecule has 2 amide bonds. The standard InChI is InChI=1S/C28H43N5O4S.C23H39N3O2.C5H5FN2O2S.H2/c1-26(2,3)20-14-15-30-22(16-20)21(31-23-10-9-11-24(32-23)38(29,35)36)13-12-19-17-28(7,8)33(18-19)25(34)37-27(4,5)6;1-21(2,3)17-11-12-25-19(13-17)18(24)10-9-16-14-23(7,8)26(15-16)20(27)28-22(4,5)6;6-4-2-1-3-5(8-4)11(7,9)10;/h9-11,14-16,19,21H,12-13,17-18H2,1-8H3,(H,31,32)(H2,29,35,36);11-13,16,18H,9-10,14-15,24H2,1-8H3;1-3H,(H2,7,9,10);1H/t19-,21?;16-,18?;;/m00../s1. The molecule has 0 radical (unpaired) electrons. The summed E-state index contributed by atoms with van der Waals surface area (Å²) in [5.41, 5.74) is 9.16. The average Bonchev–Trinajstić information content (AvgIpc) is 3.78.